The summed E-state index contributed by atoms with van der Waals surface area (Å²) in [5, 5.41) is 1.10. The normalized spacial score (nSPS) is 27.2. The topological polar surface area (TPSA) is 29.5 Å². The molecule has 0 aromatic rings. The van der Waals surface area contributed by atoms with Gasteiger partial charge in [0.2, 0.25) is 0 Å². The lowest BCUT2D eigenvalue weighted by Gasteiger charge is -2.42. The number of hydrogen-bond donors (Lipinski definition) is 0. The molecule has 1 saturated carbocycles. The van der Waals surface area contributed by atoms with E-state index >= 15 is 0 Å². The van der Waals surface area contributed by atoms with Gasteiger partial charge in [-0.25, -0.2) is 0 Å². The van der Waals surface area contributed by atoms with Gasteiger partial charge in [-0.2, -0.15) is 0 Å². The summed E-state index contributed by atoms with van der Waals surface area (Å²) in [6.07, 6.45) is 8.90. The Morgan fingerprint density at radius 2 is 2.05 bits per heavy atom. The van der Waals surface area contributed by atoms with Gasteiger partial charge >= 0.3 is 5.97 Å². The van der Waals surface area contributed by atoms with E-state index in [1.165, 1.54) is 32.1 Å². The van der Waals surface area contributed by atoms with Crippen LogP contribution in [0.5, 0.6) is 0 Å². The van der Waals surface area contributed by atoms with Crippen molar-refractivity contribution < 1.29 is 9.53 Å². The highest BCUT2D eigenvalue weighted by Crippen LogP contribution is 2.39. The Morgan fingerprint density at radius 1 is 1.30 bits per heavy atom. The fourth-order valence-corrected chi connectivity index (χ4v) is 4.50. The Morgan fingerprint density at radius 3 is 2.70 bits per heavy atom. The van der Waals surface area contributed by atoms with Crippen LogP contribution in [0.2, 0.25) is 0 Å². The molecular weight excluding hydrogens is 318 g/mol. The molecule has 0 N–H and O–H groups in total. The summed E-state index contributed by atoms with van der Waals surface area (Å²) < 4.78 is 5.20. The quantitative estimate of drug-likeness (QED) is 0.563. The van der Waals surface area contributed by atoms with E-state index in [-0.39, 0.29) is 11.9 Å². The van der Waals surface area contributed by atoms with E-state index in [1.807, 2.05) is 6.92 Å². The van der Waals surface area contributed by atoms with Crippen molar-refractivity contribution >= 4 is 21.9 Å². The second-order valence-electron chi connectivity index (χ2n) is 6.52. The number of halogens is 1. The molecule has 1 atom stereocenters. The number of piperidine rings is 1. The number of carbonyl (C=O) groups excluding carboxylic acids is 1. The summed E-state index contributed by atoms with van der Waals surface area (Å²) in [6, 6.07) is 0. The molecule has 20 heavy (non-hydrogen) atoms. The summed E-state index contributed by atoms with van der Waals surface area (Å²) in [7, 11) is 0. The van der Waals surface area contributed by atoms with Gasteiger partial charge in [-0.15, -0.1) is 0 Å². The molecule has 0 bridgehead atoms. The van der Waals surface area contributed by atoms with E-state index in [4.69, 9.17) is 4.74 Å². The van der Waals surface area contributed by atoms with E-state index in [9.17, 15) is 4.79 Å². The van der Waals surface area contributed by atoms with Gasteiger partial charge in [-0.1, -0.05) is 35.2 Å². The Balaban J connectivity index is 1.89. The van der Waals surface area contributed by atoms with Crippen molar-refractivity contribution in [2.45, 2.75) is 51.9 Å². The van der Waals surface area contributed by atoms with Crippen LogP contribution in [0, 0.1) is 11.3 Å². The van der Waals surface area contributed by atoms with Crippen LogP contribution >= 0.6 is 15.9 Å². The van der Waals surface area contributed by atoms with Crippen molar-refractivity contribution in [1.29, 1.82) is 0 Å². The molecule has 2 rings (SSSR count). The smallest absolute Gasteiger partial charge is 0.310 e. The van der Waals surface area contributed by atoms with E-state index in [1.54, 1.807) is 0 Å². The lowest BCUT2D eigenvalue weighted by Crippen LogP contribution is -2.46. The highest BCUT2D eigenvalue weighted by Gasteiger charge is 2.35. The van der Waals surface area contributed by atoms with Gasteiger partial charge in [0, 0.05) is 18.4 Å². The first-order valence-corrected chi connectivity index (χ1v) is 9.26. The van der Waals surface area contributed by atoms with E-state index in [0.29, 0.717) is 12.0 Å². The number of alkyl halides is 1. The minimum atomic E-state index is 0.00809. The number of carbonyl (C=O) groups is 1. The van der Waals surface area contributed by atoms with Gasteiger partial charge < -0.3 is 9.64 Å². The molecule has 1 aliphatic carbocycles. The molecule has 0 radical (unpaired) electrons. The van der Waals surface area contributed by atoms with Crippen molar-refractivity contribution in [1.82, 2.24) is 4.90 Å². The standard InChI is InChI=1S/C16H28BrNO2/c1-2-20-15(19)14-7-6-10-18(11-14)13-16(12-17)8-4-3-5-9-16/h14H,2-13H2,1H3. The first-order chi connectivity index (χ1) is 9.69. The molecule has 2 fully saturated rings. The van der Waals surface area contributed by atoms with Gasteiger partial charge in [-0.3, -0.25) is 4.79 Å². The average molecular weight is 346 g/mol. The van der Waals surface area contributed by atoms with Crippen LogP contribution in [0.4, 0.5) is 0 Å². The van der Waals surface area contributed by atoms with Crippen molar-refractivity contribution in [3.05, 3.63) is 0 Å². The summed E-state index contributed by atoms with van der Waals surface area (Å²) in [5.74, 6) is 0.105. The Labute approximate surface area is 131 Å². The lowest BCUT2D eigenvalue weighted by molar-refractivity contribution is -0.150. The molecular formula is C16H28BrNO2. The van der Waals surface area contributed by atoms with Crippen LogP contribution in [-0.2, 0) is 9.53 Å². The summed E-state index contributed by atoms with van der Waals surface area (Å²) in [6.45, 7) is 5.58. The zero-order chi connectivity index (χ0) is 14.4. The lowest BCUT2D eigenvalue weighted by atomic mass is 9.75. The Kier molecular flexibility index (Phi) is 6.34. The van der Waals surface area contributed by atoms with Gasteiger partial charge in [0.15, 0.2) is 0 Å². The molecule has 1 heterocycles. The van der Waals surface area contributed by atoms with Crippen LogP contribution < -0.4 is 0 Å². The molecule has 0 aromatic carbocycles. The minimum Gasteiger partial charge on any atom is -0.466 e. The van der Waals surface area contributed by atoms with Crippen LogP contribution in [0.25, 0.3) is 0 Å². The van der Waals surface area contributed by atoms with Crippen LogP contribution in [-0.4, -0.2) is 42.4 Å². The monoisotopic (exact) mass is 345 g/mol. The molecule has 1 saturated heterocycles. The van der Waals surface area contributed by atoms with E-state index in [0.717, 1.165) is 37.8 Å². The maximum Gasteiger partial charge on any atom is 0.310 e. The summed E-state index contributed by atoms with van der Waals surface area (Å²) in [5.41, 5.74) is 0.439. The molecule has 0 aromatic heterocycles. The summed E-state index contributed by atoms with van der Waals surface area (Å²) in [4.78, 5) is 14.4. The molecule has 0 amide bonds. The number of nitrogens with zero attached hydrogens (tertiary/aromatic N) is 1. The third-order valence-corrected chi connectivity index (χ3v) is 6.07. The molecule has 3 nitrogen and oxygen atoms in total. The second-order valence-corrected chi connectivity index (χ2v) is 7.08. The van der Waals surface area contributed by atoms with Crippen LogP contribution in [0.3, 0.4) is 0 Å². The molecule has 116 valence electrons. The van der Waals surface area contributed by atoms with Crippen molar-refractivity contribution in [2.75, 3.05) is 31.6 Å². The zero-order valence-electron chi connectivity index (χ0n) is 12.7. The Hall–Kier alpha value is -0.0900. The SMILES string of the molecule is CCOC(=O)C1CCCN(CC2(CBr)CCCCC2)C1. The predicted octanol–water partition coefficient (Wildman–Crippen LogP) is 3.61. The number of esters is 1. The first kappa shape index (κ1) is 16.3. The van der Waals surface area contributed by atoms with Crippen LogP contribution in [0.15, 0.2) is 0 Å². The van der Waals surface area contributed by atoms with Gasteiger partial charge in [0.25, 0.3) is 0 Å². The molecule has 1 aliphatic heterocycles. The fourth-order valence-electron chi connectivity index (χ4n) is 3.76. The van der Waals surface area contributed by atoms with Gasteiger partial charge in [-0.05, 0) is 44.6 Å². The maximum atomic E-state index is 11.9. The van der Waals surface area contributed by atoms with Crippen LogP contribution in [0.1, 0.15) is 51.9 Å². The highest BCUT2D eigenvalue weighted by atomic mass is 79.9. The van der Waals surface area contributed by atoms with E-state index in [2.05, 4.69) is 20.8 Å². The number of rotatable bonds is 5. The van der Waals surface area contributed by atoms with Crippen molar-refractivity contribution in [2.24, 2.45) is 11.3 Å². The number of likely N-dealkylation sites (tertiary alicyclic amines) is 1. The van der Waals surface area contributed by atoms with Crippen molar-refractivity contribution in [3.63, 3.8) is 0 Å². The van der Waals surface area contributed by atoms with Gasteiger partial charge in [0.1, 0.15) is 0 Å². The number of hydrogen-bond acceptors (Lipinski definition) is 3. The third kappa shape index (κ3) is 4.20. The van der Waals surface area contributed by atoms with Gasteiger partial charge in [0.05, 0.1) is 12.5 Å². The summed E-state index contributed by atoms with van der Waals surface area (Å²) >= 11 is 3.75. The molecule has 0 spiro atoms. The average Bonchev–Trinajstić information content (AvgIpc) is 2.49. The molecule has 2 aliphatic rings. The fraction of sp³-hybridized carbons (Fsp3) is 0.938. The maximum absolute atomic E-state index is 11.9. The predicted molar refractivity (Wildman–Crippen MR) is 85.1 cm³/mol. The molecule has 1 unspecified atom stereocenters. The van der Waals surface area contributed by atoms with Crippen molar-refractivity contribution in [3.8, 4) is 0 Å². The largest absolute Gasteiger partial charge is 0.466 e. The second kappa shape index (κ2) is 7.79. The highest BCUT2D eigenvalue weighted by molar-refractivity contribution is 9.09. The third-order valence-electron chi connectivity index (χ3n) is 4.88. The first-order valence-electron chi connectivity index (χ1n) is 8.14. The zero-order valence-corrected chi connectivity index (χ0v) is 14.3. The molecule has 4 heteroatoms. The Bertz CT molecular complexity index is 316. The number of ether oxygens (including phenoxy) is 1. The minimum absolute atomic E-state index is 0.00809. The van der Waals surface area contributed by atoms with E-state index < -0.39 is 0 Å².